The second-order valence-electron chi connectivity index (χ2n) is 8.03. The summed E-state index contributed by atoms with van der Waals surface area (Å²) in [7, 11) is 0. The van der Waals surface area contributed by atoms with Gasteiger partial charge in [-0.25, -0.2) is 0 Å². The highest BCUT2D eigenvalue weighted by Crippen LogP contribution is 2.35. The molecule has 31 heavy (non-hydrogen) atoms. The molecule has 4 rings (SSSR count). The first-order valence-corrected chi connectivity index (χ1v) is 12.2. The van der Waals surface area contributed by atoms with Crippen LogP contribution in [0.4, 0.5) is 5.69 Å². The molecule has 0 aliphatic heterocycles. The molecule has 0 bridgehead atoms. The van der Waals surface area contributed by atoms with Crippen molar-refractivity contribution in [2.45, 2.75) is 44.8 Å². The molecular formula is C24H26N4OS2. The molecule has 1 N–H and O–H groups in total. The predicted octanol–water partition coefficient (Wildman–Crippen LogP) is 6.59. The van der Waals surface area contributed by atoms with Crippen molar-refractivity contribution in [3.05, 3.63) is 59.5 Å². The van der Waals surface area contributed by atoms with Crippen LogP contribution in [0.2, 0.25) is 0 Å². The van der Waals surface area contributed by atoms with Crippen molar-refractivity contribution in [1.82, 2.24) is 14.8 Å². The summed E-state index contributed by atoms with van der Waals surface area (Å²) in [5, 5.41) is 15.9. The average molecular weight is 451 g/mol. The molecule has 160 valence electrons. The first-order chi connectivity index (χ1) is 14.9. The Kier molecular flexibility index (Phi) is 6.43. The number of hydrogen-bond donors (Lipinski definition) is 1. The molecule has 7 heteroatoms. The Morgan fingerprint density at radius 3 is 2.52 bits per heavy atom. The van der Waals surface area contributed by atoms with Crippen LogP contribution in [0.5, 0.6) is 0 Å². The molecule has 0 radical (unpaired) electrons. The van der Waals surface area contributed by atoms with Gasteiger partial charge < -0.3 is 5.32 Å². The number of nitrogens with one attached hydrogen (secondary N) is 1. The topological polar surface area (TPSA) is 59.8 Å². The molecule has 0 saturated heterocycles. The van der Waals surface area contributed by atoms with Crippen LogP contribution < -0.4 is 5.32 Å². The van der Waals surface area contributed by atoms with Gasteiger partial charge in [-0.2, -0.15) is 0 Å². The van der Waals surface area contributed by atoms with Crippen LogP contribution in [-0.4, -0.2) is 26.4 Å². The maximum atomic E-state index is 12.5. The fourth-order valence-electron chi connectivity index (χ4n) is 3.45. The van der Waals surface area contributed by atoms with Gasteiger partial charge >= 0.3 is 0 Å². The van der Waals surface area contributed by atoms with E-state index in [2.05, 4.69) is 77.4 Å². The van der Waals surface area contributed by atoms with Gasteiger partial charge in [-0.3, -0.25) is 9.36 Å². The predicted molar refractivity (Wildman–Crippen MR) is 131 cm³/mol. The lowest BCUT2D eigenvalue weighted by atomic mass is 10.0. The molecule has 0 spiro atoms. The van der Waals surface area contributed by atoms with Gasteiger partial charge in [-0.05, 0) is 43.5 Å². The molecular weight excluding hydrogens is 424 g/mol. The van der Waals surface area contributed by atoms with Crippen LogP contribution in [-0.2, 0) is 4.79 Å². The standard InChI is InChI=1S/C24H26N4OS2/c1-15(2)17-9-11-18(12-10-17)25-22(29)14-31-24-27-26-23(28(24)16(3)4)20-13-30-21-8-6-5-7-19(20)21/h5-13,15-16H,14H2,1-4H3,(H,25,29). The molecule has 2 aromatic carbocycles. The van der Waals surface area contributed by atoms with Gasteiger partial charge in [-0.1, -0.05) is 55.9 Å². The van der Waals surface area contributed by atoms with Crippen LogP contribution >= 0.6 is 23.1 Å². The number of carbonyl (C=O) groups is 1. The van der Waals surface area contributed by atoms with E-state index in [0.717, 1.165) is 22.2 Å². The molecule has 0 saturated carbocycles. The van der Waals surface area contributed by atoms with E-state index in [0.29, 0.717) is 5.92 Å². The van der Waals surface area contributed by atoms with Gasteiger partial charge in [0, 0.05) is 32.8 Å². The van der Waals surface area contributed by atoms with E-state index in [1.54, 1.807) is 11.3 Å². The van der Waals surface area contributed by atoms with Crippen LogP contribution in [0.15, 0.2) is 59.1 Å². The largest absolute Gasteiger partial charge is 0.325 e. The SMILES string of the molecule is CC(C)c1ccc(NC(=O)CSc2nnc(-c3csc4ccccc34)n2C(C)C)cc1. The summed E-state index contributed by atoms with van der Waals surface area (Å²) in [5.74, 6) is 1.54. The fraction of sp³-hybridized carbons (Fsp3) is 0.292. The van der Waals surface area contributed by atoms with E-state index in [-0.39, 0.29) is 17.7 Å². The zero-order valence-electron chi connectivity index (χ0n) is 18.1. The number of amides is 1. The van der Waals surface area contributed by atoms with Gasteiger partial charge in [0.25, 0.3) is 0 Å². The zero-order valence-corrected chi connectivity index (χ0v) is 19.8. The first kappa shape index (κ1) is 21.6. The number of anilines is 1. The third-order valence-corrected chi connectivity index (χ3v) is 7.00. The minimum atomic E-state index is -0.0527. The Labute approximate surface area is 190 Å². The number of carbonyl (C=O) groups excluding carboxylic acids is 1. The minimum Gasteiger partial charge on any atom is -0.325 e. The molecule has 2 aromatic heterocycles. The maximum absolute atomic E-state index is 12.5. The number of nitrogens with zero attached hydrogens (tertiary/aromatic N) is 3. The summed E-state index contributed by atoms with van der Waals surface area (Å²) in [6.07, 6.45) is 0. The summed E-state index contributed by atoms with van der Waals surface area (Å²) in [6.45, 7) is 8.54. The van der Waals surface area contributed by atoms with Crippen molar-refractivity contribution in [3.63, 3.8) is 0 Å². The molecule has 0 atom stereocenters. The molecule has 0 unspecified atom stereocenters. The lowest BCUT2D eigenvalue weighted by molar-refractivity contribution is -0.113. The Morgan fingerprint density at radius 2 is 1.81 bits per heavy atom. The van der Waals surface area contributed by atoms with Crippen LogP contribution in [0.25, 0.3) is 21.5 Å². The van der Waals surface area contributed by atoms with E-state index in [1.807, 2.05) is 24.3 Å². The number of aromatic nitrogens is 3. The molecule has 0 fully saturated rings. The summed E-state index contributed by atoms with van der Waals surface area (Å²) < 4.78 is 3.34. The Hall–Kier alpha value is -2.64. The van der Waals surface area contributed by atoms with E-state index in [1.165, 1.54) is 27.4 Å². The van der Waals surface area contributed by atoms with Crippen molar-refractivity contribution in [2.75, 3.05) is 11.1 Å². The van der Waals surface area contributed by atoms with Crippen molar-refractivity contribution in [1.29, 1.82) is 0 Å². The number of thioether (sulfide) groups is 1. The van der Waals surface area contributed by atoms with Crippen molar-refractivity contribution in [2.24, 2.45) is 0 Å². The maximum Gasteiger partial charge on any atom is 0.234 e. The van der Waals surface area contributed by atoms with Crippen LogP contribution in [0.1, 0.15) is 45.2 Å². The highest BCUT2D eigenvalue weighted by molar-refractivity contribution is 7.99. The molecule has 0 aliphatic carbocycles. The molecule has 4 aromatic rings. The quantitative estimate of drug-likeness (QED) is 0.322. The second-order valence-corrected chi connectivity index (χ2v) is 9.88. The highest BCUT2D eigenvalue weighted by atomic mass is 32.2. The Bertz CT molecular complexity index is 1190. The highest BCUT2D eigenvalue weighted by Gasteiger charge is 2.20. The van der Waals surface area contributed by atoms with Crippen LogP contribution in [0.3, 0.4) is 0 Å². The van der Waals surface area contributed by atoms with Gasteiger partial charge in [0.2, 0.25) is 5.91 Å². The van der Waals surface area contributed by atoms with Gasteiger partial charge in [0.1, 0.15) is 0 Å². The lowest BCUT2D eigenvalue weighted by Crippen LogP contribution is -2.15. The monoisotopic (exact) mass is 450 g/mol. The Morgan fingerprint density at radius 1 is 1.06 bits per heavy atom. The van der Waals surface area contributed by atoms with E-state index in [9.17, 15) is 4.79 Å². The summed E-state index contributed by atoms with van der Waals surface area (Å²) in [5.41, 5.74) is 3.15. The van der Waals surface area contributed by atoms with Crippen molar-refractivity contribution >= 4 is 44.8 Å². The summed E-state index contributed by atoms with van der Waals surface area (Å²) in [6, 6.07) is 16.5. The van der Waals surface area contributed by atoms with E-state index >= 15 is 0 Å². The normalized spacial score (nSPS) is 11.5. The van der Waals surface area contributed by atoms with Gasteiger partial charge in [0.15, 0.2) is 11.0 Å². The molecule has 2 heterocycles. The smallest absolute Gasteiger partial charge is 0.234 e. The van der Waals surface area contributed by atoms with Gasteiger partial charge in [-0.15, -0.1) is 21.5 Å². The molecule has 5 nitrogen and oxygen atoms in total. The number of fused-ring (bicyclic) bond motifs is 1. The van der Waals surface area contributed by atoms with Gasteiger partial charge in [0.05, 0.1) is 5.75 Å². The molecule has 0 aliphatic rings. The fourth-order valence-corrected chi connectivity index (χ4v) is 5.26. The van der Waals surface area contributed by atoms with Crippen molar-refractivity contribution < 1.29 is 4.79 Å². The van der Waals surface area contributed by atoms with Crippen molar-refractivity contribution in [3.8, 4) is 11.4 Å². The van der Waals surface area contributed by atoms with E-state index < -0.39 is 0 Å². The number of thiophene rings is 1. The number of hydrogen-bond acceptors (Lipinski definition) is 5. The summed E-state index contributed by atoms with van der Waals surface area (Å²) >= 11 is 3.12. The third kappa shape index (κ3) is 4.67. The third-order valence-electron chi connectivity index (χ3n) is 5.10. The second kappa shape index (κ2) is 9.24. The summed E-state index contributed by atoms with van der Waals surface area (Å²) in [4.78, 5) is 12.5. The Balaban J connectivity index is 1.49. The zero-order chi connectivity index (χ0) is 22.0. The number of rotatable bonds is 7. The minimum absolute atomic E-state index is 0.0527. The number of benzene rings is 2. The molecule has 1 amide bonds. The lowest BCUT2D eigenvalue weighted by Gasteiger charge is -2.13. The first-order valence-electron chi connectivity index (χ1n) is 10.4. The van der Waals surface area contributed by atoms with Crippen LogP contribution in [0, 0.1) is 0 Å². The average Bonchev–Trinajstić information content (AvgIpc) is 3.36. The van der Waals surface area contributed by atoms with E-state index in [4.69, 9.17) is 0 Å².